The molecule has 158 valence electrons. The van der Waals surface area contributed by atoms with E-state index in [-0.39, 0.29) is 5.91 Å². The number of hydrogen-bond acceptors (Lipinski definition) is 5. The number of nitrogens with zero attached hydrogens (tertiary/aromatic N) is 1. The summed E-state index contributed by atoms with van der Waals surface area (Å²) in [5, 5.41) is 1.42. The molecule has 1 saturated heterocycles. The van der Waals surface area contributed by atoms with Gasteiger partial charge in [-0.25, -0.2) is 5.01 Å². The highest BCUT2D eigenvalue weighted by atomic mass is 32.2. The Morgan fingerprint density at radius 2 is 1.70 bits per heavy atom. The molecular weight excluding hydrogens is 412 g/mol. The highest BCUT2D eigenvalue weighted by Crippen LogP contribution is 2.33. The summed E-state index contributed by atoms with van der Waals surface area (Å²) >= 11 is 6.67. The Hall–Kier alpha value is -2.31. The number of thiocarbonyl (C=S) groups is 1. The van der Waals surface area contributed by atoms with E-state index in [0.29, 0.717) is 9.23 Å². The molecule has 1 aliphatic heterocycles. The number of benzene rings is 2. The molecule has 2 aromatic rings. The Bertz CT molecular complexity index is 867. The Labute approximate surface area is 188 Å². The molecule has 3 rings (SSSR count). The van der Waals surface area contributed by atoms with Crippen LogP contribution in [0.3, 0.4) is 0 Å². The molecular formula is C24H28N2O2S2. The maximum atomic E-state index is 12.7. The van der Waals surface area contributed by atoms with E-state index >= 15 is 0 Å². The highest BCUT2D eigenvalue weighted by molar-refractivity contribution is 8.26. The summed E-state index contributed by atoms with van der Waals surface area (Å²) in [5.74, 6) is 0.719. The van der Waals surface area contributed by atoms with E-state index in [0.717, 1.165) is 30.0 Å². The first-order valence-electron chi connectivity index (χ1n) is 10.5. The SMILES string of the molecule is CCCCCCCCOc1ccc(/C=C2/SC(=S)N(Nc3ccccc3)C2=O)cc1. The van der Waals surface area contributed by atoms with Crippen molar-refractivity contribution in [1.82, 2.24) is 5.01 Å². The molecule has 2 aromatic carbocycles. The van der Waals surface area contributed by atoms with Gasteiger partial charge < -0.3 is 4.74 Å². The van der Waals surface area contributed by atoms with Crippen molar-refractivity contribution in [2.24, 2.45) is 0 Å². The average molecular weight is 441 g/mol. The van der Waals surface area contributed by atoms with Crippen LogP contribution in [-0.2, 0) is 4.79 Å². The van der Waals surface area contributed by atoms with Gasteiger partial charge in [0.15, 0.2) is 4.32 Å². The third-order valence-electron chi connectivity index (χ3n) is 4.75. The van der Waals surface area contributed by atoms with Gasteiger partial charge in [0, 0.05) is 0 Å². The van der Waals surface area contributed by atoms with E-state index in [4.69, 9.17) is 17.0 Å². The number of amides is 1. The molecule has 1 amide bonds. The molecule has 0 spiro atoms. The second-order valence-corrected chi connectivity index (χ2v) is 8.86. The predicted molar refractivity (Wildman–Crippen MR) is 130 cm³/mol. The van der Waals surface area contributed by atoms with Crippen LogP contribution in [0.1, 0.15) is 51.0 Å². The van der Waals surface area contributed by atoms with Gasteiger partial charge >= 0.3 is 0 Å². The van der Waals surface area contributed by atoms with E-state index in [9.17, 15) is 4.79 Å². The van der Waals surface area contributed by atoms with Crippen molar-refractivity contribution in [3.63, 3.8) is 0 Å². The minimum Gasteiger partial charge on any atom is -0.494 e. The Balaban J connectivity index is 1.50. The number of carbonyl (C=O) groups excluding carboxylic acids is 1. The van der Waals surface area contributed by atoms with Crippen molar-refractivity contribution < 1.29 is 9.53 Å². The summed E-state index contributed by atoms with van der Waals surface area (Å²) in [6.45, 7) is 2.98. The third kappa shape index (κ3) is 6.61. The van der Waals surface area contributed by atoms with Crippen molar-refractivity contribution in [2.75, 3.05) is 12.0 Å². The number of ether oxygens (including phenoxy) is 1. The van der Waals surface area contributed by atoms with Crippen molar-refractivity contribution in [3.8, 4) is 5.75 Å². The number of para-hydroxylation sites is 1. The van der Waals surface area contributed by atoms with E-state index < -0.39 is 0 Å². The first-order valence-corrected chi connectivity index (χ1v) is 11.7. The molecule has 0 aromatic heterocycles. The third-order valence-corrected chi connectivity index (χ3v) is 6.06. The molecule has 1 aliphatic rings. The van der Waals surface area contributed by atoms with Gasteiger partial charge in [-0.2, -0.15) is 0 Å². The maximum Gasteiger partial charge on any atom is 0.285 e. The van der Waals surface area contributed by atoms with Crippen LogP contribution in [0.5, 0.6) is 5.75 Å². The molecule has 0 unspecified atom stereocenters. The molecule has 1 N–H and O–H groups in total. The Morgan fingerprint density at radius 1 is 1.00 bits per heavy atom. The lowest BCUT2D eigenvalue weighted by atomic mass is 10.1. The van der Waals surface area contributed by atoms with E-state index in [2.05, 4.69) is 12.3 Å². The van der Waals surface area contributed by atoms with E-state index in [1.165, 1.54) is 48.9 Å². The van der Waals surface area contributed by atoms with Crippen LogP contribution in [-0.4, -0.2) is 21.8 Å². The van der Waals surface area contributed by atoms with Gasteiger partial charge in [0.05, 0.1) is 17.2 Å². The largest absolute Gasteiger partial charge is 0.494 e. The van der Waals surface area contributed by atoms with E-state index in [1.54, 1.807) is 0 Å². The summed E-state index contributed by atoms with van der Waals surface area (Å²) < 4.78 is 6.32. The van der Waals surface area contributed by atoms with Crippen molar-refractivity contribution in [3.05, 3.63) is 65.1 Å². The highest BCUT2D eigenvalue weighted by Gasteiger charge is 2.32. The number of anilines is 1. The molecule has 30 heavy (non-hydrogen) atoms. The van der Waals surface area contributed by atoms with Crippen LogP contribution in [0.15, 0.2) is 59.5 Å². The number of nitrogens with one attached hydrogen (secondary N) is 1. The molecule has 6 heteroatoms. The van der Waals surface area contributed by atoms with Gasteiger partial charge in [-0.1, -0.05) is 81.1 Å². The van der Waals surface area contributed by atoms with E-state index in [1.807, 2.05) is 60.7 Å². The fourth-order valence-corrected chi connectivity index (χ4v) is 4.27. The number of unbranched alkanes of at least 4 members (excludes halogenated alkanes) is 5. The summed E-state index contributed by atoms with van der Waals surface area (Å²) in [6.07, 6.45) is 9.37. The molecule has 0 saturated carbocycles. The zero-order chi connectivity index (χ0) is 21.2. The van der Waals surface area contributed by atoms with Crippen LogP contribution >= 0.6 is 24.0 Å². The Morgan fingerprint density at radius 3 is 2.43 bits per heavy atom. The molecule has 0 atom stereocenters. The van der Waals surface area contributed by atoms with Gasteiger partial charge in [-0.05, 0) is 54.5 Å². The lowest BCUT2D eigenvalue weighted by Gasteiger charge is -2.16. The first-order chi connectivity index (χ1) is 14.7. The number of thioether (sulfide) groups is 1. The van der Waals surface area contributed by atoms with Crippen LogP contribution in [0.25, 0.3) is 6.08 Å². The second-order valence-electron chi connectivity index (χ2n) is 7.18. The minimum absolute atomic E-state index is 0.141. The minimum atomic E-state index is -0.141. The summed E-state index contributed by atoms with van der Waals surface area (Å²) in [7, 11) is 0. The van der Waals surface area contributed by atoms with Crippen molar-refractivity contribution in [2.45, 2.75) is 45.4 Å². The zero-order valence-corrected chi connectivity index (χ0v) is 18.9. The quantitative estimate of drug-likeness (QED) is 0.240. The van der Waals surface area contributed by atoms with Gasteiger partial charge in [0.1, 0.15) is 5.75 Å². The molecule has 0 bridgehead atoms. The van der Waals surface area contributed by atoms with Crippen molar-refractivity contribution in [1.29, 1.82) is 0 Å². The lowest BCUT2D eigenvalue weighted by molar-refractivity contribution is -0.121. The molecule has 0 radical (unpaired) electrons. The number of hydrazine groups is 1. The smallest absolute Gasteiger partial charge is 0.285 e. The molecule has 4 nitrogen and oxygen atoms in total. The summed E-state index contributed by atoms with van der Waals surface area (Å²) in [6, 6.07) is 17.4. The molecule has 1 fully saturated rings. The summed E-state index contributed by atoms with van der Waals surface area (Å²) in [5.41, 5.74) is 4.84. The fraction of sp³-hybridized carbons (Fsp3) is 0.333. The maximum absolute atomic E-state index is 12.7. The van der Waals surface area contributed by atoms with Gasteiger partial charge in [0.2, 0.25) is 0 Å². The monoisotopic (exact) mass is 440 g/mol. The predicted octanol–water partition coefficient (Wildman–Crippen LogP) is 6.65. The molecule has 0 aliphatic carbocycles. The van der Waals surface area contributed by atoms with Crippen LogP contribution < -0.4 is 10.2 Å². The topological polar surface area (TPSA) is 41.6 Å². The van der Waals surface area contributed by atoms with Gasteiger partial charge in [0.25, 0.3) is 5.91 Å². The zero-order valence-electron chi connectivity index (χ0n) is 17.3. The normalized spacial score (nSPS) is 15.1. The average Bonchev–Trinajstić information content (AvgIpc) is 3.02. The second kappa shape index (κ2) is 11.8. The number of carbonyl (C=O) groups is 1. The molecule has 1 heterocycles. The van der Waals surface area contributed by atoms with Crippen LogP contribution in [0.2, 0.25) is 0 Å². The Kier molecular flexibility index (Phi) is 8.78. The first kappa shape index (κ1) is 22.4. The van der Waals surface area contributed by atoms with Crippen LogP contribution in [0.4, 0.5) is 5.69 Å². The van der Waals surface area contributed by atoms with Crippen LogP contribution in [0, 0.1) is 0 Å². The van der Waals surface area contributed by atoms with Crippen molar-refractivity contribution >= 4 is 46.0 Å². The number of rotatable bonds is 11. The summed E-state index contributed by atoms with van der Waals surface area (Å²) in [4.78, 5) is 13.3. The van der Waals surface area contributed by atoms with Gasteiger partial charge in [-0.15, -0.1) is 0 Å². The lowest BCUT2D eigenvalue weighted by Crippen LogP contribution is -2.33. The standard InChI is InChI=1S/C24H28N2O2S2/c1-2-3-4-5-6-10-17-28-21-15-13-19(14-16-21)18-22-23(27)26(24(29)30-22)25-20-11-8-7-9-12-20/h7-9,11-16,18,25H,2-6,10,17H2,1H3/b22-18+. The van der Waals surface area contributed by atoms with Gasteiger partial charge in [-0.3, -0.25) is 10.2 Å². The fourth-order valence-electron chi connectivity index (χ4n) is 3.09. The number of hydrogen-bond donors (Lipinski definition) is 1.